The molecule has 0 saturated heterocycles. The maximum atomic E-state index is 10.7. The summed E-state index contributed by atoms with van der Waals surface area (Å²) in [7, 11) is 0. The predicted molar refractivity (Wildman–Crippen MR) is 43.0 cm³/mol. The van der Waals surface area contributed by atoms with Crippen LogP contribution in [0.4, 0.5) is 0 Å². The van der Waals surface area contributed by atoms with E-state index in [4.69, 9.17) is 11.8 Å². The minimum absolute atomic E-state index is 0.114. The quantitative estimate of drug-likeness (QED) is 0.628. The summed E-state index contributed by atoms with van der Waals surface area (Å²) in [4.78, 5) is 13.2. The second-order valence-corrected chi connectivity index (χ2v) is 2.63. The predicted octanol–water partition coefficient (Wildman–Crippen LogP) is 1.88. The van der Waals surface area contributed by atoms with Crippen LogP contribution in [0.5, 0.6) is 0 Å². The van der Waals surface area contributed by atoms with Crippen molar-refractivity contribution in [2.24, 2.45) is 0 Å². The molecule has 0 radical (unpaired) electrons. The van der Waals surface area contributed by atoms with E-state index in [0.717, 1.165) is 19.3 Å². The molecule has 0 spiro atoms. The number of halogens is 1. The minimum atomic E-state index is -0.151. The molecular formula is C7H14ClNO. The van der Waals surface area contributed by atoms with Crippen LogP contribution in [-0.4, -0.2) is 11.8 Å². The molecule has 1 unspecified atom stereocenters. The second-order valence-electron chi connectivity index (χ2n) is 2.41. The van der Waals surface area contributed by atoms with Crippen molar-refractivity contribution in [2.75, 3.05) is 0 Å². The zero-order valence-corrected chi connectivity index (χ0v) is 7.24. The molecule has 60 valence electrons. The first-order chi connectivity index (χ1) is 4.72. The van der Waals surface area contributed by atoms with Gasteiger partial charge in [-0.15, -0.1) is 0 Å². The van der Waals surface area contributed by atoms with Crippen molar-refractivity contribution >= 4 is 17.6 Å². The van der Waals surface area contributed by atoms with Gasteiger partial charge in [-0.3, -0.25) is 4.79 Å². The number of unbranched alkanes of at least 4 members (excludes halogenated alkanes) is 1. The van der Waals surface area contributed by atoms with Gasteiger partial charge in [0.1, 0.15) is 5.78 Å². The minimum Gasteiger partial charge on any atom is -0.298 e. The van der Waals surface area contributed by atoms with Crippen molar-refractivity contribution < 1.29 is 4.79 Å². The van der Waals surface area contributed by atoms with Gasteiger partial charge in [-0.25, -0.2) is 4.84 Å². The van der Waals surface area contributed by atoms with E-state index < -0.39 is 0 Å². The Hall–Kier alpha value is -0.0800. The summed E-state index contributed by atoms with van der Waals surface area (Å²) in [6, 6.07) is -0.151. The van der Waals surface area contributed by atoms with Crippen LogP contribution >= 0.6 is 11.8 Å². The van der Waals surface area contributed by atoms with Gasteiger partial charge in [-0.05, 0) is 25.1 Å². The number of hydrogen-bond acceptors (Lipinski definition) is 2. The van der Waals surface area contributed by atoms with E-state index in [0.29, 0.717) is 0 Å². The van der Waals surface area contributed by atoms with Gasteiger partial charge in [0, 0.05) is 0 Å². The molecule has 0 aromatic carbocycles. The molecule has 0 fully saturated rings. The summed E-state index contributed by atoms with van der Waals surface area (Å²) >= 11 is 5.33. The van der Waals surface area contributed by atoms with E-state index in [1.165, 1.54) is 0 Å². The van der Waals surface area contributed by atoms with E-state index in [9.17, 15) is 4.79 Å². The molecule has 0 bridgehead atoms. The molecule has 0 aliphatic rings. The standard InChI is InChI=1S/C7H14ClNO/c1-3-4-5-7(9-8)6(2)10/h7,9H,3-5H2,1-2H3. The molecule has 2 nitrogen and oxygen atoms in total. The lowest BCUT2D eigenvalue weighted by Crippen LogP contribution is -2.28. The van der Waals surface area contributed by atoms with Crippen molar-refractivity contribution in [3.63, 3.8) is 0 Å². The number of rotatable bonds is 5. The topological polar surface area (TPSA) is 29.1 Å². The Morgan fingerprint density at radius 1 is 1.70 bits per heavy atom. The summed E-state index contributed by atoms with van der Waals surface area (Å²) < 4.78 is 0. The number of Topliss-reactive ketones (excluding diaryl/α,β-unsaturated/α-hetero) is 1. The highest BCUT2D eigenvalue weighted by atomic mass is 35.5. The lowest BCUT2D eigenvalue weighted by molar-refractivity contribution is -0.118. The van der Waals surface area contributed by atoms with Crippen LogP contribution in [0, 0.1) is 0 Å². The Kier molecular flexibility index (Phi) is 5.64. The second kappa shape index (κ2) is 5.69. The van der Waals surface area contributed by atoms with Gasteiger partial charge in [0.05, 0.1) is 6.04 Å². The van der Waals surface area contributed by atoms with Crippen LogP contribution in [0.15, 0.2) is 0 Å². The Balaban J connectivity index is 3.50. The fourth-order valence-electron chi connectivity index (χ4n) is 0.743. The normalized spacial score (nSPS) is 13.1. The van der Waals surface area contributed by atoms with Gasteiger partial charge >= 0.3 is 0 Å². The third-order valence-corrected chi connectivity index (χ3v) is 1.73. The number of nitrogens with one attached hydrogen (secondary N) is 1. The molecular weight excluding hydrogens is 150 g/mol. The fourth-order valence-corrected chi connectivity index (χ4v) is 1.01. The van der Waals surface area contributed by atoms with Gasteiger partial charge < -0.3 is 0 Å². The lowest BCUT2D eigenvalue weighted by atomic mass is 10.1. The molecule has 3 heteroatoms. The lowest BCUT2D eigenvalue weighted by Gasteiger charge is -2.08. The van der Waals surface area contributed by atoms with E-state index in [1.54, 1.807) is 6.92 Å². The number of carbonyl (C=O) groups is 1. The maximum absolute atomic E-state index is 10.7. The molecule has 0 aromatic rings. The van der Waals surface area contributed by atoms with Crippen LogP contribution in [0.1, 0.15) is 33.1 Å². The summed E-state index contributed by atoms with van der Waals surface area (Å²) in [5, 5.41) is 0. The monoisotopic (exact) mass is 163 g/mol. The van der Waals surface area contributed by atoms with Gasteiger partial charge in [0.15, 0.2) is 0 Å². The van der Waals surface area contributed by atoms with Crippen molar-refractivity contribution in [1.82, 2.24) is 4.84 Å². The molecule has 1 atom stereocenters. The third kappa shape index (κ3) is 3.85. The Bertz CT molecular complexity index is 106. The molecule has 0 amide bonds. The molecule has 10 heavy (non-hydrogen) atoms. The third-order valence-electron chi connectivity index (χ3n) is 1.47. The van der Waals surface area contributed by atoms with Crippen LogP contribution in [0.2, 0.25) is 0 Å². The molecule has 0 aromatic heterocycles. The summed E-state index contributed by atoms with van der Waals surface area (Å²) in [6.07, 6.45) is 2.99. The maximum Gasteiger partial charge on any atom is 0.147 e. The molecule has 1 N–H and O–H groups in total. The van der Waals surface area contributed by atoms with Crippen molar-refractivity contribution in [1.29, 1.82) is 0 Å². The first-order valence-electron chi connectivity index (χ1n) is 3.59. The first kappa shape index (κ1) is 9.92. The van der Waals surface area contributed by atoms with Crippen LogP contribution < -0.4 is 4.84 Å². The van der Waals surface area contributed by atoms with Crippen LogP contribution in [0.25, 0.3) is 0 Å². The molecule has 0 saturated carbocycles. The van der Waals surface area contributed by atoms with Gasteiger partial charge in [-0.2, -0.15) is 0 Å². The van der Waals surface area contributed by atoms with Gasteiger partial charge in [0.25, 0.3) is 0 Å². The van der Waals surface area contributed by atoms with Crippen molar-refractivity contribution in [3.8, 4) is 0 Å². The number of hydrogen-bond donors (Lipinski definition) is 1. The van der Waals surface area contributed by atoms with E-state index in [1.807, 2.05) is 0 Å². The first-order valence-corrected chi connectivity index (χ1v) is 3.96. The highest BCUT2D eigenvalue weighted by Crippen LogP contribution is 2.01. The molecule has 0 rings (SSSR count). The summed E-state index contributed by atoms with van der Waals surface area (Å²) in [6.45, 7) is 3.64. The number of ketones is 1. The molecule has 0 aliphatic heterocycles. The average Bonchev–Trinajstić information content (AvgIpc) is 1.89. The molecule has 0 heterocycles. The van der Waals surface area contributed by atoms with Crippen LogP contribution in [-0.2, 0) is 4.79 Å². The molecule has 0 aliphatic carbocycles. The Morgan fingerprint density at radius 2 is 2.30 bits per heavy atom. The zero-order chi connectivity index (χ0) is 7.98. The summed E-state index contributed by atoms with van der Waals surface area (Å²) in [5.74, 6) is 0.114. The average molecular weight is 164 g/mol. The number of carbonyl (C=O) groups excluding carboxylic acids is 1. The van der Waals surface area contributed by atoms with Gasteiger partial charge in [0.2, 0.25) is 0 Å². The largest absolute Gasteiger partial charge is 0.298 e. The Morgan fingerprint density at radius 3 is 2.60 bits per heavy atom. The van der Waals surface area contributed by atoms with E-state index in [-0.39, 0.29) is 11.8 Å². The highest BCUT2D eigenvalue weighted by Gasteiger charge is 2.10. The Labute approximate surface area is 67.1 Å². The highest BCUT2D eigenvalue weighted by molar-refractivity contribution is 6.15. The van der Waals surface area contributed by atoms with E-state index in [2.05, 4.69) is 11.8 Å². The van der Waals surface area contributed by atoms with Crippen molar-refractivity contribution in [3.05, 3.63) is 0 Å². The smallest absolute Gasteiger partial charge is 0.147 e. The van der Waals surface area contributed by atoms with Gasteiger partial charge in [-0.1, -0.05) is 19.8 Å². The van der Waals surface area contributed by atoms with Crippen molar-refractivity contribution in [2.45, 2.75) is 39.2 Å². The van der Waals surface area contributed by atoms with Crippen LogP contribution in [0.3, 0.4) is 0 Å². The fraction of sp³-hybridized carbons (Fsp3) is 0.857. The van der Waals surface area contributed by atoms with E-state index >= 15 is 0 Å². The zero-order valence-electron chi connectivity index (χ0n) is 6.48. The summed E-state index contributed by atoms with van der Waals surface area (Å²) in [5.41, 5.74) is 0. The SMILES string of the molecule is CCCCC(NCl)C(C)=O.